The third-order valence-electron chi connectivity index (χ3n) is 2.91. The molecule has 0 aromatic heterocycles. The van der Waals surface area contributed by atoms with E-state index in [-0.39, 0.29) is 5.78 Å². The number of nitrogens with zero attached hydrogens (tertiary/aromatic N) is 1. The van der Waals surface area contributed by atoms with Gasteiger partial charge in [0.2, 0.25) is 0 Å². The molecule has 2 rings (SSSR count). The van der Waals surface area contributed by atoms with Crippen molar-refractivity contribution in [3.8, 4) is 0 Å². The van der Waals surface area contributed by atoms with E-state index >= 15 is 0 Å². The summed E-state index contributed by atoms with van der Waals surface area (Å²) in [6.07, 6.45) is 1.79. The third-order valence-corrected chi connectivity index (χ3v) is 3.49. The van der Waals surface area contributed by atoms with Crippen molar-refractivity contribution < 1.29 is 4.79 Å². The second-order valence-corrected chi connectivity index (χ2v) is 5.67. The monoisotopic (exact) mass is 319 g/mol. The number of hydrogen-bond acceptors (Lipinski definition) is 2. The lowest BCUT2D eigenvalue weighted by molar-refractivity contribution is 0.105. The maximum Gasteiger partial charge on any atom is 0.196 e. The van der Waals surface area contributed by atoms with Gasteiger partial charge in [-0.2, -0.15) is 0 Å². The van der Waals surface area contributed by atoms with Crippen LogP contribution in [0.2, 0.25) is 10.0 Å². The minimum absolute atomic E-state index is 0.114. The molecular weight excluding hydrogens is 305 g/mol. The quantitative estimate of drug-likeness (QED) is 0.597. The Morgan fingerprint density at radius 1 is 1.00 bits per heavy atom. The zero-order chi connectivity index (χ0) is 15.4. The van der Waals surface area contributed by atoms with Gasteiger partial charge in [0.25, 0.3) is 0 Å². The predicted octanol–water partition coefficient (Wildman–Crippen LogP) is 4.78. The fourth-order valence-corrected chi connectivity index (χ4v) is 2.29. The molecule has 21 heavy (non-hydrogen) atoms. The van der Waals surface area contributed by atoms with Crippen LogP contribution in [0.5, 0.6) is 0 Å². The second-order valence-electron chi connectivity index (χ2n) is 4.82. The summed E-state index contributed by atoms with van der Waals surface area (Å²) in [5.74, 6) is -0.114. The molecule has 0 saturated carbocycles. The van der Waals surface area contributed by atoms with Gasteiger partial charge in [-0.3, -0.25) is 4.79 Å². The van der Waals surface area contributed by atoms with Crippen LogP contribution in [0.15, 0.2) is 54.7 Å². The highest BCUT2D eigenvalue weighted by molar-refractivity contribution is 6.39. The van der Waals surface area contributed by atoms with Crippen molar-refractivity contribution in [2.45, 2.75) is 0 Å². The van der Waals surface area contributed by atoms with Gasteiger partial charge < -0.3 is 4.90 Å². The number of hydrogen-bond donors (Lipinski definition) is 0. The smallest absolute Gasteiger partial charge is 0.196 e. The summed E-state index contributed by atoms with van der Waals surface area (Å²) in [6, 6.07) is 14.2. The lowest BCUT2D eigenvalue weighted by atomic mass is 9.97. The number of halogens is 2. The van der Waals surface area contributed by atoms with Crippen molar-refractivity contribution in [2.24, 2.45) is 0 Å². The van der Waals surface area contributed by atoms with Crippen LogP contribution in [0.1, 0.15) is 15.9 Å². The Balaban J connectivity index is 2.49. The number of carbonyl (C=O) groups excluding carboxylic acids is 1. The molecule has 2 aromatic rings. The fraction of sp³-hybridized carbons (Fsp3) is 0.118. The first-order chi connectivity index (χ1) is 9.99. The molecule has 0 aliphatic carbocycles. The van der Waals surface area contributed by atoms with Gasteiger partial charge in [0, 0.05) is 36.5 Å². The first-order valence-corrected chi connectivity index (χ1v) is 7.18. The van der Waals surface area contributed by atoms with E-state index in [1.165, 1.54) is 0 Å². The fourth-order valence-electron chi connectivity index (χ4n) is 1.94. The minimum atomic E-state index is -0.114. The number of benzene rings is 2. The highest BCUT2D eigenvalue weighted by atomic mass is 35.5. The molecule has 0 N–H and O–H groups in total. The van der Waals surface area contributed by atoms with Gasteiger partial charge in [-0.1, -0.05) is 47.5 Å². The Labute approximate surface area is 134 Å². The van der Waals surface area contributed by atoms with Gasteiger partial charge in [0.15, 0.2) is 5.78 Å². The van der Waals surface area contributed by atoms with Crippen LogP contribution in [0.3, 0.4) is 0 Å². The van der Waals surface area contributed by atoms with E-state index in [9.17, 15) is 4.79 Å². The Kier molecular flexibility index (Phi) is 5.05. The second kappa shape index (κ2) is 6.79. The molecule has 0 spiro atoms. The molecule has 2 aromatic carbocycles. The van der Waals surface area contributed by atoms with Gasteiger partial charge in [-0.15, -0.1) is 0 Å². The van der Waals surface area contributed by atoms with E-state index < -0.39 is 0 Å². The number of rotatable bonds is 4. The number of allylic oxidation sites excluding steroid dienone is 1. The van der Waals surface area contributed by atoms with Crippen LogP contribution < -0.4 is 0 Å². The van der Waals surface area contributed by atoms with E-state index in [1.54, 1.807) is 42.6 Å². The maximum atomic E-state index is 12.8. The van der Waals surface area contributed by atoms with Crippen LogP contribution in [0.25, 0.3) is 5.57 Å². The molecule has 0 fully saturated rings. The lowest BCUT2D eigenvalue weighted by Gasteiger charge is -2.12. The largest absolute Gasteiger partial charge is 0.383 e. The zero-order valence-electron chi connectivity index (χ0n) is 11.8. The molecule has 0 unspecified atom stereocenters. The van der Waals surface area contributed by atoms with Crippen LogP contribution >= 0.6 is 23.2 Å². The highest BCUT2D eigenvalue weighted by Gasteiger charge is 2.17. The molecule has 108 valence electrons. The van der Waals surface area contributed by atoms with Gasteiger partial charge in [0.1, 0.15) is 0 Å². The standard InChI is InChI=1S/C17H15Cl2NO/c1-20(2)11-15(12-7-9-13(18)10-8-12)17(21)14-5-3-4-6-16(14)19/h3-11H,1-2H3. The maximum absolute atomic E-state index is 12.8. The van der Waals surface area contributed by atoms with E-state index in [0.29, 0.717) is 21.2 Å². The molecule has 0 saturated heterocycles. The van der Waals surface area contributed by atoms with E-state index in [4.69, 9.17) is 23.2 Å². The van der Waals surface area contributed by atoms with Gasteiger partial charge in [-0.25, -0.2) is 0 Å². The molecule has 0 aliphatic rings. The Morgan fingerprint density at radius 3 is 2.19 bits per heavy atom. The van der Waals surface area contributed by atoms with E-state index in [1.807, 2.05) is 31.1 Å². The summed E-state index contributed by atoms with van der Waals surface area (Å²) in [5, 5.41) is 1.08. The summed E-state index contributed by atoms with van der Waals surface area (Å²) >= 11 is 12.0. The Hall–Kier alpha value is -1.77. The van der Waals surface area contributed by atoms with Crippen molar-refractivity contribution in [1.82, 2.24) is 4.90 Å². The summed E-state index contributed by atoms with van der Waals surface area (Å²) in [7, 11) is 3.74. The van der Waals surface area contributed by atoms with Crippen molar-refractivity contribution in [2.75, 3.05) is 14.1 Å². The predicted molar refractivity (Wildman–Crippen MR) is 88.9 cm³/mol. The summed E-state index contributed by atoms with van der Waals surface area (Å²) in [5.41, 5.74) is 1.87. The van der Waals surface area contributed by atoms with Gasteiger partial charge >= 0.3 is 0 Å². The molecule has 0 bridgehead atoms. The van der Waals surface area contributed by atoms with Crippen molar-refractivity contribution in [3.05, 3.63) is 75.9 Å². The first-order valence-electron chi connectivity index (χ1n) is 6.42. The highest BCUT2D eigenvalue weighted by Crippen LogP contribution is 2.25. The van der Waals surface area contributed by atoms with Crippen LogP contribution in [-0.2, 0) is 0 Å². The van der Waals surface area contributed by atoms with Crippen LogP contribution in [0.4, 0.5) is 0 Å². The summed E-state index contributed by atoms with van der Waals surface area (Å²) in [4.78, 5) is 14.6. The number of Topliss-reactive ketones (excluding diaryl/α,β-unsaturated/α-hetero) is 1. The molecule has 2 nitrogen and oxygen atoms in total. The van der Waals surface area contributed by atoms with Gasteiger partial charge in [0.05, 0.1) is 5.02 Å². The SMILES string of the molecule is CN(C)C=C(C(=O)c1ccccc1Cl)c1ccc(Cl)cc1. The molecule has 0 aliphatic heterocycles. The molecule has 4 heteroatoms. The van der Waals surface area contributed by atoms with E-state index in [2.05, 4.69) is 0 Å². The molecule has 0 heterocycles. The first kappa shape index (κ1) is 15.6. The van der Waals surface area contributed by atoms with Crippen molar-refractivity contribution in [1.29, 1.82) is 0 Å². The summed E-state index contributed by atoms with van der Waals surface area (Å²) in [6.45, 7) is 0. The number of carbonyl (C=O) groups is 1. The molecular formula is C17H15Cl2NO. The van der Waals surface area contributed by atoms with Crippen molar-refractivity contribution in [3.63, 3.8) is 0 Å². The van der Waals surface area contributed by atoms with E-state index in [0.717, 1.165) is 5.56 Å². The normalized spacial score (nSPS) is 11.3. The average Bonchev–Trinajstić information content (AvgIpc) is 2.45. The molecule has 0 radical (unpaired) electrons. The Morgan fingerprint density at radius 2 is 1.62 bits per heavy atom. The Bertz CT molecular complexity index is 675. The molecule has 0 atom stereocenters. The topological polar surface area (TPSA) is 20.3 Å². The zero-order valence-corrected chi connectivity index (χ0v) is 13.3. The average molecular weight is 320 g/mol. The minimum Gasteiger partial charge on any atom is -0.383 e. The van der Waals surface area contributed by atoms with Crippen molar-refractivity contribution >= 4 is 34.6 Å². The van der Waals surface area contributed by atoms with Crippen LogP contribution in [-0.4, -0.2) is 24.8 Å². The lowest BCUT2D eigenvalue weighted by Crippen LogP contribution is -2.09. The summed E-state index contributed by atoms with van der Waals surface area (Å²) < 4.78 is 0. The molecule has 0 amide bonds. The number of ketones is 1. The van der Waals surface area contributed by atoms with Gasteiger partial charge in [-0.05, 0) is 29.8 Å². The van der Waals surface area contributed by atoms with Crippen LogP contribution in [0, 0.1) is 0 Å². The third kappa shape index (κ3) is 3.87.